The number of hydrogen-bond acceptors (Lipinski definition) is 2. The largest absolute Gasteiger partial charge is 0.221 e. The molecule has 1 rings (SSSR count). The molecule has 0 aliphatic heterocycles. The van der Waals surface area contributed by atoms with E-state index in [0.29, 0.717) is 5.92 Å². The van der Waals surface area contributed by atoms with Crippen LogP contribution in [0, 0.1) is 5.92 Å². The number of sulfonamides is 1. The first-order valence-corrected chi connectivity index (χ1v) is 6.87. The van der Waals surface area contributed by atoms with E-state index in [9.17, 15) is 8.42 Å². The molecule has 0 radical (unpaired) electrons. The van der Waals surface area contributed by atoms with Gasteiger partial charge >= 0.3 is 0 Å². The van der Waals surface area contributed by atoms with E-state index in [1.54, 1.807) is 0 Å². The summed E-state index contributed by atoms with van der Waals surface area (Å²) in [5.41, 5.74) is 0. The Balaban J connectivity index is 2.43. The van der Waals surface area contributed by atoms with Crippen LogP contribution < -0.4 is 4.72 Å². The van der Waals surface area contributed by atoms with Crippen LogP contribution >= 0.6 is 15.9 Å². The van der Waals surface area contributed by atoms with E-state index in [-0.39, 0.29) is 10.7 Å². The molecule has 12 heavy (non-hydrogen) atoms. The summed E-state index contributed by atoms with van der Waals surface area (Å²) in [4.78, 5) is 0. The minimum atomic E-state index is -3.06. The highest BCUT2D eigenvalue weighted by molar-refractivity contribution is 9.10. The van der Waals surface area contributed by atoms with Crippen molar-refractivity contribution in [1.82, 2.24) is 4.72 Å². The summed E-state index contributed by atoms with van der Waals surface area (Å²) in [6, 6.07) is 0.169. The van der Waals surface area contributed by atoms with Gasteiger partial charge in [-0.15, -0.1) is 0 Å². The summed E-state index contributed by atoms with van der Waals surface area (Å²) < 4.78 is 24.9. The van der Waals surface area contributed by atoms with Crippen LogP contribution in [0.5, 0.6) is 0 Å². The molecular weight excluding hydrogens is 242 g/mol. The standard InChI is InChI=1S/C7H14BrNO2S/c1-6-2-3-7(4-6)9-12(10,11)5-8/h6-7,9H,2-5H2,1H3. The normalized spacial score (nSPS) is 30.8. The van der Waals surface area contributed by atoms with Crippen LogP contribution in [0.3, 0.4) is 0 Å². The van der Waals surface area contributed by atoms with Gasteiger partial charge in [0.1, 0.15) is 4.66 Å². The Morgan fingerprint density at radius 3 is 2.58 bits per heavy atom. The molecule has 72 valence electrons. The van der Waals surface area contributed by atoms with Crippen molar-refractivity contribution >= 4 is 26.0 Å². The van der Waals surface area contributed by atoms with Crippen LogP contribution in [0.15, 0.2) is 0 Å². The molecule has 0 amide bonds. The first kappa shape index (κ1) is 10.5. The molecule has 0 saturated heterocycles. The summed E-state index contributed by atoms with van der Waals surface area (Å²) >= 11 is 2.94. The SMILES string of the molecule is CC1CCC(NS(=O)(=O)CBr)C1. The number of hydrogen-bond donors (Lipinski definition) is 1. The molecule has 1 saturated carbocycles. The van der Waals surface area contributed by atoms with Gasteiger partial charge in [-0.3, -0.25) is 0 Å². The van der Waals surface area contributed by atoms with Gasteiger partial charge in [-0.25, -0.2) is 13.1 Å². The smallest absolute Gasteiger partial charge is 0.212 e. The highest BCUT2D eigenvalue weighted by Gasteiger charge is 2.24. The third-order valence-electron chi connectivity index (χ3n) is 2.18. The topological polar surface area (TPSA) is 46.2 Å². The van der Waals surface area contributed by atoms with E-state index < -0.39 is 10.0 Å². The van der Waals surface area contributed by atoms with Crippen molar-refractivity contribution < 1.29 is 8.42 Å². The molecule has 3 nitrogen and oxygen atoms in total. The second-order valence-corrected chi connectivity index (χ2v) is 6.51. The van der Waals surface area contributed by atoms with Gasteiger partial charge in [-0.2, -0.15) is 0 Å². The fraction of sp³-hybridized carbons (Fsp3) is 1.00. The van der Waals surface area contributed by atoms with Crippen LogP contribution in [0.2, 0.25) is 0 Å². The highest BCUT2D eigenvalue weighted by atomic mass is 79.9. The van der Waals surface area contributed by atoms with Crippen molar-refractivity contribution in [3.63, 3.8) is 0 Å². The summed E-state index contributed by atoms with van der Waals surface area (Å²) in [5, 5.41) is 0. The molecule has 1 aliphatic rings. The predicted molar refractivity (Wildman–Crippen MR) is 52.7 cm³/mol. The Bertz CT molecular complexity index is 240. The van der Waals surface area contributed by atoms with Crippen LogP contribution in [-0.4, -0.2) is 19.1 Å². The maximum atomic E-state index is 11.1. The monoisotopic (exact) mass is 255 g/mol. The molecular formula is C7H14BrNO2S. The van der Waals surface area contributed by atoms with E-state index in [2.05, 4.69) is 27.6 Å². The zero-order chi connectivity index (χ0) is 9.19. The average molecular weight is 256 g/mol. The number of nitrogens with one attached hydrogen (secondary N) is 1. The summed E-state index contributed by atoms with van der Waals surface area (Å²) in [5.74, 6) is 0.660. The Kier molecular flexibility index (Phi) is 3.55. The van der Waals surface area contributed by atoms with Gasteiger partial charge in [-0.1, -0.05) is 22.9 Å². The van der Waals surface area contributed by atoms with E-state index in [0.717, 1.165) is 19.3 Å². The van der Waals surface area contributed by atoms with E-state index in [1.165, 1.54) is 0 Å². The number of rotatable bonds is 3. The van der Waals surface area contributed by atoms with Crippen LogP contribution in [0.4, 0.5) is 0 Å². The number of halogens is 1. The van der Waals surface area contributed by atoms with Crippen molar-refractivity contribution in [2.24, 2.45) is 5.92 Å². The molecule has 2 atom stereocenters. The van der Waals surface area contributed by atoms with Gasteiger partial charge in [0.25, 0.3) is 0 Å². The van der Waals surface area contributed by atoms with Crippen LogP contribution in [-0.2, 0) is 10.0 Å². The van der Waals surface area contributed by atoms with Gasteiger partial charge in [-0.05, 0) is 25.2 Å². The van der Waals surface area contributed by atoms with Crippen molar-refractivity contribution in [2.45, 2.75) is 32.2 Å². The summed E-state index contributed by atoms with van der Waals surface area (Å²) in [6.45, 7) is 2.16. The lowest BCUT2D eigenvalue weighted by molar-refractivity contribution is 0.542. The minimum Gasteiger partial charge on any atom is -0.212 e. The van der Waals surface area contributed by atoms with Crippen molar-refractivity contribution in [1.29, 1.82) is 0 Å². The van der Waals surface area contributed by atoms with Crippen molar-refractivity contribution in [3.8, 4) is 0 Å². The first-order chi connectivity index (χ1) is 5.53. The van der Waals surface area contributed by atoms with Crippen LogP contribution in [0.1, 0.15) is 26.2 Å². The van der Waals surface area contributed by atoms with Gasteiger partial charge < -0.3 is 0 Å². The molecule has 0 spiro atoms. The average Bonchev–Trinajstić information content (AvgIpc) is 2.35. The summed E-state index contributed by atoms with van der Waals surface area (Å²) in [7, 11) is -3.06. The van der Waals surface area contributed by atoms with Gasteiger partial charge in [0.05, 0.1) is 0 Å². The molecule has 0 aromatic carbocycles. The lowest BCUT2D eigenvalue weighted by atomic mass is 10.1. The fourth-order valence-corrected chi connectivity index (χ4v) is 2.78. The first-order valence-electron chi connectivity index (χ1n) is 4.09. The molecule has 5 heteroatoms. The predicted octanol–water partition coefficient (Wildman–Crippen LogP) is 1.45. The fourth-order valence-electron chi connectivity index (χ4n) is 1.60. The third kappa shape index (κ3) is 3.03. The second kappa shape index (κ2) is 4.07. The van der Waals surface area contributed by atoms with Crippen molar-refractivity contribution in [2.75, 3.05) is 4.66 Å². The Morgan fingerprint density at radius 1 is 1.50 bits per heavy atom. The molecule has 2 unspecified atom stereocenters. The van der Waals surface area contributed by atoms with Gasteiger partial charge in [0.15, 0.2) is 0 Å². The zero-order valence-electron chi connectivity index (χ0n) is 7.09. The van der Waals surface area contributed by atoms with E-state index >= 15 is 0 Å². The summed E-state index contributed by atoms with van der Waals surface area (Å²) in [6.07, 6.45) is 3.09. The lowest BCUT2D eigenvalue weighted by Gasteiger charge is -2.10. The lowest BCUT2D eigenvalue weighted by Crippen LogP contribution is -2.33. The molecule has 0 bridgehead atoms. The molecule has 1 aliphatic carbocycles. The maximum absolute atomic E-state index is 11.1. The molecule has 0 aromatic rings. The quantitative estimate of drug-likeness (QED) is 0.777. The van der Waals surface area contributed by atoms with Gasteiger partial charge in [0.2, 0.25) is 10.0 Å². The second-order valence-electron chi connectivity index (χ2n) is 3.46. The molecule has 0 heterocycles. The molecule has 1 fully saturated rings. The Hall–Kier alpha value is 0.390. The van der Waals surface area contributed by atoms with E-state index in [4.69, 9.17) is 0 Å². The Morgan fingerprint density at radius 2 is 2.17 bits per heavy atom. The van der Waals surface area contributed by atoms with Crippen molar-refractivity contribution in [3.05, 3.63) is 0 Å². The minimum absolute atomic E-state index is 0.00484. The molecule has 0 aromatic heterocycles. The van der Waals surface area contributed by atoms with E-state index in [1.807, 2.05) is 0 Å². The van der Waals surface area contributed by atoms with Crippen LogP contribution in [0.25, 0.3) is 0 Å². The zero-order valence-corrected chi connectivity index (χ0v) is 9.49. The van der Waals surface area contributed by atoms with Gasteiger partial charge in [0, 0.05) is 6.04 Å². The third-order valence-corrected chi connectivity index (χ3v) is 4.97. The Labute approximate surface area is 82.1 Å². The highest BCUT2D eigenvalue weighted by Crippen LogP contribution is 2.25. The maximum Gasteiger partial charge on any atom is 0.221 e. The number of alkyl halides is 1. The molecule has 1 N–H and O–H groups in total.